The molecular weight excluding hydrogens is 494 g/mol. The minimum atomic E-state index is -0.931. The summed E-state index contributed by atoms with van der Waals surface area (Å²) in [5, 5.41) is 27.4. The Morgan fingerprint density at radius 2 is 0.692 bits per heavy atom. The highest BCUT2D eigenvalue weighted by Gasteiger charge is 2.29. The number of carboxylic acids is 3. The molecule has 0 amide bonds. The lowest BCUT2D eigenvalue weighted by molar-refractivity contribution is -0.927. The summed E-state index contributed by atoms with van der Waals surface area (Å²) in [5.74, 6) is -2.79. The lowest BCUT2D eigenvalue weighted by Gasteiger charge is -2.38. The topological polar surface area (TPSA) is 112 Å². The minimum absolute atomic E-state index is 0.0732. The molecule has 0 fully saturated rings. The fourth-order valence-corrected chi connectivity index (χ4v) is 5.41. The molecule has 228 valence electrons. The van der Waals surface area contributed by atoms with Crippen LogP contribution in [0.5, 0.6) is 0 Å². The lowest BCUT2D eigenvalue weighted by atomic mass is 10.0. The highest BCUT2D eigenvalue weighted by atomic mass is 16.4. The molecule has 0 unspecified atom stereocenters. The van der Waals surface area contributed by atoms with Crippen molar-refractivity contribution in [3.05, 3.63) is 12.7 Å². The number of aliphatic carboxylic acids is 3. The molecule has 0 aromatic rings. The molecule has 0 rings (SSSR count). The molecule has 0 aliphatic rings. The van der Waals surface area contributed by atoms with Gasteiger partial charge in [-0.15, -0.1) is 6.58 Å². The zero-order valence-corrected chi connectivity index (χ0v) is 24.9. The average molecular weight is 555 g/mol. The first-order chi connectivity index (χ1) is 18.8. The number of nitrogens with zero attached hydrogens (tertiary/aromatic N) is 1. The van der Waals surface area contributed by atoms with Crippen molar-refractivity contribution in [3.63, 3.8) is 0 Å². The van der Waals surface area contributed by atoms with Crippen molar-refractivity contribution in [1.29, 1.82) is 0 Å². The lowest BCUT2D eigenvalue weighted by Crippen LogP contribution is -2.52. The third-order valence-electron chi connectivity index (χ3n) is 7.94. The molecule has 39 heavy (non-hydrogen) atoms. The van der Waals surface area contributed by atoms with Crippen LogP contribution in [0.2, 0.25) is 0 Å². The number of unbranched alkanes of at least 4 members (excludes halogenated alkanes) is 19. The Labute approximate surface area is 238 Å². The van der Waals surface area contributed by atoms with Gasteiger partial charge in [-0.3, -0.25) is 14.4 Å². The maximum atomic E-state index is 11.1. The SMILES string of the molecule is C=CCCCCCCCCCCCCCCCCCCCCC[N+](CCC(=O)O)(CCC(=O)O)CCC(=O)O. The molecular formula is C32H60NO6+. The summed E-state index contributed by atoms with van der Waals surface area (Å²) in [5.41, 5.74) is 0. The van der Waals surface area contributed by atoms with E-state index >= 15 is 0 Å². The number of hydrogen-bond acceptors (Lipinski definition) is 3. The van der Waals surface area contributed by atoms with E-state index < -0.39 is 17.9 Å². The van der Waals surface area contributed by atoms with Gasteiger partial charge in [-0.05, 0) is 25.7 Å². The standard InChI is InChI=1S/C32H59NO6/c1-2-3-4-5-6-7-8-9-10-11-12-13-14-15-16-17-18-19-20-21-22-26-33(27-23-30(34)35,28-24-31(36)37)29-25-32(38)39/h2H,1,3-29H2,(H2-,34,35,36,37,38,39)/p+1. The van der Waals surface area contributed by atoms with Gasteiger partial charge in [0.15, 0.2) is 0 Å². The van der Waals surface area contributed by atoms with E-state index in [2.05, 4.69) is 6.58 Å². The number of allylic oxidation sites excluding steroid dienone is 1. The van der Waals surface area contributed by atoms with Crippen molar-refractivity contribution in [1.82, 2.24) is 0 Å². The monoisotopic (exact) mass is 554 g/mol. The second-order valence-electron chi connectivity index (χ2n) is 11.5. The number of carbonyl (C=O) groups is 3. The summed E-state index contributed by atoms with van der Waals surface area (Å²) in [6.45, 7) is 5.27. The second-order valence-corrected chi connectivity index (χ2v) is 11.5. The number of rotatable bonds is 31. The van der Waals surface area contributed by atoms with Gasteiger partial charge in [0.05, 0.1) is 45.4 Å². The number of hydrogen-bond donors (Lipinski definition) is 3. The molecule has 0 heterocycles. The Balaban J connectivity index is 3.81. The maximum absolute atomic E-state index is 11.1. The van der Waals surface area contributed by atoms with Gasteiger partial charge in [0.25, 0.3) is 0 Å². The third kappa shape index (κ3) is 26.1. The second kappa shape index (κ2) is 26.3. The quantitative estimate of drug-likeness (QED) is 0.0452. The fraction of sp³-hybridized carbons (Fsp3) is 0.844. The van der Waals surface area contributed by atoms with E-state index in [0.717, 1.165) is 25.7 Å². The van der Waals surface area contributed by atoms with Crippen LogP contribution in [-0.4, -0.2) is 63.9 Å². The van der Waals surface area contributed by atoms with E-state index in [4.69, 9.17) is 15.3 Å². The van der Waals surface area contributed by atoms with Gasteiger partial charge in [-0.1, -0.05) is 109 Å². The third-order valence-corrected chi connectivity index (χ3v) is 7.94. The largest absolute Gasteiger partial charge is 0.481 e. The average Bonchev–Trinajstić information content (AvgIpc) is 2.90. The highest BCUT2D eigenvalue weighted by Crippen LogP contribution is 2.18. The van der Waals surface area contributed by atoms with E-state index in [1.807, 2.05) is 6.08 Å². The molecule has 0 saturated carbocycles. The number of quaternary nitrogens is 1. The van der Waals surface area contributed by atoms with Crippen LogP contribution in [-0.2, 0) is 14.4 Å². The maximum Gasteiger partial charge on any atom is 0.309 e. The summed E-state index contributed by atoms with van der Waals surface area (Å²) >= 11 is 0. The van der Waals surface area contributed by atoms with E-state index in [9.17, 15) is 14.4 Å². The van der Waals surface area contributed by atoms with Crippen LogP contribution < -0.4 is 0 Å². The van der Waals surface area contributed by atoms with Crippen molar-refractivity contribution in [3.8, 4) is 0 Å². The Kier molecular flexibility index (Phi) is 25.1. The normalized spacial score (nSPS) is 11.5. The van der Waals surface area contributed by atoms with E-state index in [1.54, 1.807) is 0 Å². The zero-order chi connectivity index (χ0) is 29.0. The first kappa shape index (κ1) is 37.1. The molecule has 0 spiro atoms. The molecule has 0 radical (unpaired) electrons. The van der Waals surface area contributed by atoms with Crippen LogP contribution in [0.15, 0.2) is 12.7 Å². The molecule has 0 bridgehead atoms. The molecule has 7 heteroatoms. The van der Waals surface area contributed by atoms with Gasteiger partial charge in [-0.25, -0.2) is 0 Å². The van der Waals surface area contributed by atoms with Crippen molar-refractivity contribution < 1.29 is 34.2 Å². The molecule has 0 aromatic heterocycles. The van der Waals surface area contributed by atoms with E-state index in [0.29, 0.717) is 6.54 Å². The van der Waals surface area contributed by atoms with Crippen molar-refractivity contribution in [2.75, 3.05) is 26.2 Å². The van der Waals surface area contributed by atoms with Crippen LogP contribution in [0, 0.1) is 0 Å². The number of carboxylic acid groups (broad SMARTS) is 3. The highest BCUT2D eigenvalue weighted by molar-refractivity contribution is 5.67. The molecule has 7 nitrogen and oxygen atoms in total. The molecule has 0 aliphatic carbocycles. The van der Waals surface area contributed by atoms with Gasteiger partial charge in [0.2, 0.25) is 0 Å². The van der Waals surface area contributed by atoms with Crippen molar-refractivity contribution in [2.24, 2.45) is 0 Å². The smallest absolute Gasteiger partial charge is 0.309 e. The van der Waals surface area contributed by atoms with Crippen LogP contribution in [0.4, 0.5) is 0 Å². The fourth-order valence-electron chi connectivity index (χ4n) is 5.41. The van der Waals surface area contributed by atoms with Crippen LogP contribution in [0.3, 0.4) is 0 Å². The van der Waals surface area contributed by atoms with Crippen LogP contribution in [0.25, 0.3) is 0 Å². The first-order valence-corrected chi connectivity index (χ1v) is 15.9. The summed E-state index contributed by atoms with van der Waals surface area (Å²) in [6.07, 6.45) is 27.4. The minimum Gasteiger partial charge on any atom is -0.481 e. The van der Waals surface area contributed by atoms with E-state index in [1.165, 1.54) is 103 Å². The Morgan fingerprint density at radius 3 is 0.949 bits per heavy atom. The summed E-state index contributed by atoms with van der Waals surface area (Å²) in [6, 6.07) is 0. The molecule has 0 aromatic carbocycles. The molecule has 3 N–H and O–H groups in total. The van der Waals surface area contributed by atoms with E-state index in [-0.39, 0.29) is 43.4 Å². The summed E-state index contributed by atoms with van der Waals surface area (Å²) in [7, 11) is 0. The summed E-state index contributed by atoms with van der Waals surface area (Å²) < 4.78 is 0.265. The predicted octanol–water partition coefficient (Wildman–Crippen LogP) is 8.22. The van der Waals surface area contributed by atoms with Gasteiger partial charge in [-0.2, -0.15) is 0 Å². The molecule has 0 saturated heterocycles. The van der Waals surface area contributed by atoms with Crippen LogP contribution in [0.1, 0.15) is 148 Å². The predicted molar refractivity (Wildman–Crippen MR) is 159 cm³/mol. The molecule has 0 aliphatic heterocycles. The molecule has 0 atom stereocenters. The van der Waals surface area contributed by atoms with Crippen molar-refractivity contribution in [2.45, 2.75) is 148 Å². The first-order valence-electron chi connectivity index (χ1n) is 15.9. The van der Waals surface area contributed by atoms with Gasteiger partial charge >= 0.3 is 17.9 Å². The van der Waals surface area contributed by atoms with Gasteiger partial charge in [0.1, 0.15) is 0 Å². The Morgan fingerprint density at radius 1 is 0.436 bits per heavy atom. The summed E-state index contributed by atoms with van der Waals surface area (Å²) in [4.78, 5) is 33.4. The van der Waals surface area contributed by atoms with Gasteiger partial charge in [0, 0.05) is 0 Å². The Hall–Kier alpha value is -1.89. The van der Waals surface area contributed by atoms with Crippen molar-refractivity contribution >= 4 is 17.9 Å². The Bertz CT molecular complexity index is 591. The van der Waals surface area contributed by atoms with Crippen LogP contribution >= 0.6 is 0 Å². The van der Waals surface area contributed by atoms with Gasteiger partial charge < -0.3 is 19.8 Å². The zero-order valence-electron chi connectivity index (χ0n) is 24.9.